The lowest BCUT2D eigenvalue weighted by molar-refractivity contribution is -0.142. The number of carbonyl (C=O) groups is 1. The molecule has 2 aromatic heterocycles. The summed E-state index contributed by atoms with van der Waals surface area (Å²) in [6, 6.07) is 7.30. The van der Waals surface area contributed by atoms with E-state index in [1.54, 1.807) is 6.07 Å². The lowest BCUT2D eigenvalue weighted by atomic mass is 9.86. The average molecular weight is 442 g/mol. The van der Waals surface area contributed by atoms with Gasteiger partial charge in [0.1, 0.15) is 5.69 Å². The standard InChI is InChI=1S/C20H16F6N4O/c21-19(22,23)14-4-2-1-3-13(14)12-7-9-29(10-8-12)18(31)15-11-30-17(27-15)6-5-16(28-30)20(24,25)26/h1-6,11-12H,7-10H2. The van der Waals surface area contributed by atoms with E-state index in [-0.39, 0.29) is 35.9 Å². The quantitative estimate of drug-likeness (QED) is 0.537. The molecule has 0 aliphatic carbocycles. The molecular weight excluding hydrogens is 426 g/mol. The van der Waals surface area contributed by atoms with Crippen LogP contribution in [0.5, 0.6) is 0 Å². The predicted octanol–water partition coefficient (Wildman–Crippen LogP) is 4.79. The number of benzene rings is 1. The van der Waals surface area contributed by atoms with E-state index in [0.29, 0.717) is 12.8 Å². The third-order valence-electron chi connectivity index (χ3n) is 5.32. The van der Waals surface area contributed by atoms with E-state index in [9.17, 15) is 31.1 Å². The summed E-state index contributed by atoms with van der Waals surface area (Å²) in [7, 11) is 0. The first-order chi connectivity index (χ1) is 14.5. The Morgan fingerprint density at radius 1 is 0.935 bits per heavy atom. The van der Waals surface area contributed by atoms with Crippen molar-refractivity contribution in [2.75, 3.05) is 13.1 Å². The van der Waals surface area contributed by atoms with Crippen molar-refractivity contribution in [2.45, 2.75) is 31.1 Å². The molecule has 1 saturated heterocycles. The predicted molar refractivity (Wildman–Crippen MR) is 97.3 cm³/mol. The molecule has 3 aromatic rings. The Morgan fingerprint density at radius 2 is 1.61 bits per heavy atom. The summed E-state index contributed by atoms with van der Waals surface area (Å²) in [5.41, 5.74) is -1.56. The van der Waals surface area contributed by atoms with Gasteiger partial charge in [-0.1, -0.05) is 18.2 Å². The highest BCUT2D eigenvalue weighted by Gasteiger charge is 2.36. The largest absolute Gasteiger partial charge is 0.435 e. The van der Waals surface area contributed by atoms with Crippen molar-refractivity contribution >= 4 is 11.6 Å². The van der Waals surface area contributed by atoms with Crippen molar-refractivity contribution in [3.05, 3.63) is 65.1 Å². The molecule has 0 N–H and O–H groups in total. The number of piperidine rings is 1. The molecular formula is C20H16F6N4O. The summed E-state index contributed by atoms with van der Waals surface area (Å²) in [6.45, 7) is 0.426. The van der Waals surface area contributed by atoms with Crippen LogP contribution in [0.15, 0.2) is 42.6 Å². The number of imidazole rings is 1. The second-order valence-electron chi connectivity index (χ2n) is 7.30. The lowest BCUT2D eigenvalue weighted by Gasteiger charge is -2.32. The van der Waals surface area contributed by atoms with Crippen molar-refractivity contribution in [3.63, 3.8) is 0 Å². The van der Waals surface area contributed by atoms with E-state index in [0.717, 1.165) is 28.9 Å². The zero-order valence-electron chi connectivity index (χ0n) is 15.9. The molecule has 1 aliphatic rings. The fraction of sp³-hybridized carbons (Fsp3) is 0.350. The van der Waals surface area contributed by atoms with Gasteiger partial charge in [-0.2, -0.15) is 31.4 Å². The molecule has 1 amide bonds. The van der Waals surface area contributed by atoms with Crippen molar-refractivity contribution in [3.8, 4) is 0 Å². The Hall–Kier alpha value is -3.11. The number of rotatable bonds is 2. The van der Waals surface area contributed by atoms with Gasteiger partial charge in [0.2, 0.25) is 0 Å². The van der Waals surface area contributed by atoms with Gasteiger partial charge in [0.25, 0.3) is 5.91 Å². The van der Waals surface area contributed by atoms with E-state index in [1.807, 2.05) is 0 Å². The van der Waals surface area contributed by atoms with Gasteiger partial charge in [-0.15, -0.1) is 0 Å². The first kappa shape index (κ1) is 21.1. The SMILES string of the molecule is O=C(c1cn2nc(C(F)(F)F)ccc2n1)N1CCC(c2ccccc2C(F)(F)F)CC1. The van der Waals surface area contributed by atoms with E-state index >= 15 is 0 Å². The van der Waals surface area contributed by atoms with Gasteiger partial charge in [0, 0.05) is 13.1 Å². The molecule has 4 rings (SSSR count). The number of amides is 1. The van der Waals surface area contributed by atoms with E-state index in [4.69, 9.17) is 0 Å². The van der Waals surface area contributed by atoms with Crippen LogP contribution in [0.25, 0.3) is 5.65 Å². The normalized spacial score (nSPS) is 16.1. The maximum absolute atomic E-state index is 13.3. The first-order valence-electron chi connectivity index (χ1n) is 9.43. The highest BCUT2D eigenvalue weighted by molar-refractivity contribution is 5.93. The monoisotopic (exact) mass is 442 g/mol. The van der Waals surface area contributed by atoms with E-state index in [2.05, 4.69) is 10.1 Å². The van der Waals surface area contributed by atoms with Crippen LogP contribution < -0.4 is 0 Å². The third-order valence-corrected chi connectivity index (χ3v) is 5.32. The van der Waals surface area contributed by atoms with Gasteiger partial charge >= 0.3 is 12.4 Å². The number of likely N-dealkylation sites (tertiary alicyclic amines) is 1. The number of aromatic nitrogens is 3. The van der Waals surface area contributed by atoms with Crippen LogP contribution in [0.1, 0.15) is 46.1 Å². The highest BCUT2D eigenvalue weighted by atomic mass is 19.4. The minimum atomic E-state index is -4.63. The summed E-state index contributed by atoms with van der Waals surface area (Å²) in [4.78, 5) is 18.2. The number of hydrogen-bond acceptors (Lipinski definition) is 3. The maximum Gasteiger partial charge on any atom is 0.435 e. The number of halogens is 6. The van der Waals surface area contributed by atoms with Crippen LogP contribution in [0, 0.1) is 0 Å². The maximum atomic E-state index is 13.3. The summed E-state index contributed by atoms with van der Waals surface area (Å²) >= 11 is 0. The minimum absolute atomic E-state index is 0.0685. The first-order valence-corrected chi connectivity index (χ1v) is 9.43. The van der Waals surface area contributed by atoms with Crippen LogP contribution in [0.3, 0.4) is 0 Å². The Bertz CT molecular complexity index is 1110. The highest BCUT2D eigenvalue weighted by Crippen LogP contribution is 2.38. The molecule has 5 nitrogen and oxygen atoms in total. The van der Waals surface area contributed by atoms with Crippen molar-refractivity contribution in [1.82, 2.24) is 19.5 Å². The third kappa shape index (κ3) is 4.21. The average Bonchev–Trinajstić information content (AvgIpc) is 3.15. The summed E-state index contributed by atoms with van der Waals surface area (Å²) in [6.07, 6.45) is -7.29. The summed E-state index contributed by atoms with van der Waals surface area (Å²) in [5, 5.41) is 3.43. The van der Waals surface area contributed by atoms with Gasteiger partial charge in [0.15, 0.2) is 11.3 Å². The van der Waals surface area contributed by atoms with Crippen LogP contribution in [-0.4, -0.2) is 38.5 Å². The molecule has 3 heterocycles. The molecule has 0 radical (unpaired) electrons. The Kier molecular flexibility index (Phi) is 5.14. The topological polar surface area (TPSA) is 50.5 Å². The molecule has 31 heavy (non-hydrogen) atoms. The minimum Gasteiger partial charge on any atom is -0.337 e. The molecule has 0 atom stereocenters. The van der Waals surface area contributed by atoms with Gasteiger partial charge < -0.3 is 4.90 Å². The zero-order chi connectivity index (χ0) is 22.4. The molecule has 164 valence electrons. The number of nitrogens with zero attached hydrogens (tertiary/aromatic N) is 4. The smallest absolute Gasteiger partial charge is 0.337 e. The Labute approximate surface area is 172 Å². The fourth-order valence-corrected chi connectivity index (χ4v) is 3.80. The van der Waals surface area contributed by atoms with Gasteiger partial charge in [-0.05, 0) is 42.5 Å². The Morgan fingerprint density at radius 3 is 2.26 bits per heavy atom. The molecule has 1 aliphatic heterocycles. The molecule has 0 spiro atoms. The summed E-state index contributed by atoms with van der Waals surface area (Å²) in [5.74, 6) is -0.847. The van der Waals surface area contributed by atoms with E-state index in [1.165, 1.54) is 17.0 Å². The summed E-state index contributed by atoms with van der Waals surface area (Å²) < 4.78 is 79.2. The van der Waals surface area contributed by atoms with Gasteiger partial charge in [0.05, 0.1) is 11.8 Å². The van der Waals surface area contributed by atoms with Gasteiger partial charge in [-0.3, -0.25) is 4.79 Å². The molecule has 1 fully saturated rings. The van der Waals surface area contributed by atoms with Crippen molar-refractivity contribution in [1.29, 1.82) is 0 Å². The van der Waals surface area contributed by atoms with Crippen molar-refractivity contribution in [2.24, 2.45) is 0 Å². The number of alkyl halides is 6. The van der Waals surface area contributed by atoms with Crippen LogP contribution in [0.4, 0.5) is 26.3 Å². The molecule has 0 bridgehead atoms. The second kappa shape index (κ2) is 7.54. The number of carbonyl (C=O) groups excluding carboxylic acids is 1. The van der Waals surface area contributed by atoms with E-state index < -0.39 is 29.5 Å². The van der Waals surface area contributed by atoms with Crippen LogP contribution in [-0.2, 0) is 12.4 Å². The molecule has 0 unspecified atom stereocenters. The lowest BCUT2D eigenvalue weighted by Crippen LogP contribution is -2.38. The zero-order valence-corrected chi connectivity index (χ0v) is 15.9. The molecule has 0 saturated carbocycles. The van der Waals surface area contributed by atoms with Crippen LogP contribution in [0.2, 0.25) is 0 Å². The number of hydrogen-bond donors (Lipinski definition) is 0. The van der Waals surface area contributed by atoms with Crippen LogP contribution >= 0.6 is 0 Å². The molecule has 1 aromatic carbocycles. The van der Waals surface area contributed by atoms with Gasteiger partial charge in [-0.25, -0.2) is 9.50 Å². The second-order valence-corrected chi connectivity index (χ2v) is 7.30. The molecule has 11 heteroatoms. The van der Waals surface area contributed by atoms with Crippen molar-refractivity contribution < 1.29 is 31.1 Å². The number of fused-ring (bicyclic) bond motifs is 1. The fourth-order valence-electron chi connectivity index (χ4n) is 3.80. The Balaban J connectivity index is 1.49.